The Hall–Kier alpha value is -1.06. The van der Waals surface area contributed by atoms with Crippen LogP contribution in [0.25, 0.3) is 0 Å². The molecule has 2 atom stereocenters. The number of carbonyl (C=O) groups is 1. The fraction of sp³-hybridized carbons (Fsp3) is 0.462. The predicted molar refractivity (Wildman–Crippen MR) is 69.1 cm³/mol. The molecule has 1 aromatic rings. The van der Waals surface area contributed by atoms with Gasteiger partial charge < -0.3 is 10.6 Å². The zero-order valence-electron chi connectivity index (χ0n) is 9.90. The van der Waals surface area contributed by atoms with Crippen molar-refractivity contribution in [2.75, 3.05) is 13.1 Å². The zero-order valence-corrected chi connectivity index (χ0v) is 10.7. The Bertz CT molecular complexity index is 422. The lowest BCUT2D eigenvalue weighted by Crippen LogP contribution is -2.48. The molecule has 0 aromatic heterocycles. The van der Waals surface area contributed by atoms with Crippen LogP contribution < -0.4 is 5.73 Å². The van der Waals surface area contributed by atoms with Crippen molar-refractivity contribution in [3.63, 3.8) is 0 Å². The van der Waals surface area contributed by atoms with Gasteiger partial charge in [0.2, 0.25) is 0 Å². The molecular weight excluding hydrogens is 236 g/mol. The van der Waals surface area contributed by atoms with Gasteiger partial charge in [-0.15, -0.1) is 0 Å². The molecule has 3 nitrogen and oxygen atoms in total. The van der Waals surface area contributed by atoms with Gasteiger partial charge in [-0.3, -0.25) is 4.79 Å². The van der Waals surface area contributed by atoms with E-state index in [1.54, 1.807) is 24.3 Å². The monoisotopic (exact) mass is 252 g/mol. The Balaban J connectivity index is 2.10. The minimum Gasteiger partial charge on any atom is -0.338 e. The first-order valence-electron chi connectivity index (χ1n) is 5.88. The zero-order chi connectivity index (χ0) is 12.4. The lowest BCUT2D eigenvalue weighted by Gasteiger charge is -2.35. The van der Waals surface area contributed by atoms with Gasteiger partial charge in [0, 0.05) is 29.7 Å². The van der Waals surface area contributed by atoms with E-state index in [9.17, 15) is 4.79 Å². The second-order valence-corrected chi connectivity index (χ2v) is 5.13. The summed E-state index contributed by atoms with van der Waals surface area (Å²) in [7, 11) is 0. The van der Waals surface area contributed by atoms with Gasteiger partial charge in [0.1, 0.15) is 0 Å². The van der Waals surface area contributed by atoms with Crippen LogP contribution in [0.2, 0.25) is 5.02 Å². The highest BCUT2D eigenvalue weighted by molar-refractivity contribution is 6.30. The third-order valence-electron chi connectivity index (χ3n) is 3.33. The maximum absolute atomic E-state index is 12.2. The maximum Gasteiger partial charge on any atom is 0.253 e. The molecule has 0 radical (unpaired) electrons. The third kappa shape index (κ3) is 2.79. The van der Waals surface area contributed by atoms with Crippen LogP contribution in [0.5, 0.6) is 0 Å². The van der Waals surface area contributed by atoms with Crippen LogP contribution in [0.1, 0.15) is 23.7 Å². The predicted octanol–water partition coefficient (Wildman–Crippen LogP) is 2.15. The van der Waals surface area contributed by atoms with Crippen molar-refractivity contribution >= 4 is 17.5 Å². The standard InChI is InChI=1S/C13H17ClN2O/c1-9-8-16(6-5-12(9)15)13(17)10-3-2-4-11(14)7-10/h2-4,7,9,12H,5-6,8,15H2,1H3. The van der Waals surface area contributed by atoms with E-state index >= 15 is 0 Å². The van der Waals surface area contributed by atoms with Gasteiger partial charge in [0.15, 0.2) is 0 Å². The second kappa shape index (κ2) is 5.07. The topological polar surface area (TPSA) is 46.3 Å². The van der Waals surface area contributed by atoms with Crippen LogP contribution in [-0.2, 0) is 0 Å². The van der Waals surface area contributed by atoms with Gasteiger partial charge in [-0.2, -0.15) is 0 Å². The number of rotatable bonds is 1. The quantitative estimate of drug-likeness (QED) is 0.833. The Morgan fingerprint density at radius 3 is 2.94 bits per heavy atom. The molecule has 0 bridgehead atoms. The lowest BCUT2D eigenvalue weighted by molar-refractivity contribution is 0.0664. The summed E-state index contributed by atoms with van der Waals surface area (Å²) in [5.74, 6) is 0.401. The molecule has 1 aromatic carbocycles. The van der Waals surface area contributed by atoms with Crippen molar-refractivity contribution < 1.29 is 4.79 Å². The van der Waals surface area contributed by atoms with E-state index in [0.717, 1.165) is 19.5 Å². The van der Waals surface area contributed by atoms with Crippen molar-refractivity contribution in [2.24, 2.45) is 11.7 Å². The molecule has 1 fully saturated rings. The summed E-state index contributed by atoms with van der Waals surface area (Å²) in [6, 6.07) is 7.29. The highest BCUT2D eigenvalue weighted by Gasteiger charge is 2.26. The van der Waals surface area contributed by atoms with Crippen molar-refractivity contribution in [3.05, 3.63) is 34.9 Å². The molecule has 0 saturated carbocycles. The highest BCUT2D eigenvalue weighted by atomic mass is 35.5. The number of hydrogen-bond donors (Lipinski definition) is 1. The van der Waals surface area contributed by atoms with Crippen molar-refractivity contribution in [2.45, 2.75) is 19.4 Å². The molecule has 1 aliphatic heterocycles. The van der Waals surface area contributed by atoms with Gasteiger partial charge in [-0.1, -0.05) is 24.6 Å². The van der Waals surface area contributed by atoms with E-state index in [-0.39, 0.29) is 11.9 Å². The van der Waals surface area contributed by atoms with Crippen LogP contribution in [0, 0.1) is 5.92 Å². The Morgan fingerprint density at radius 1 is 1.53 bits per heavy atom. The molecule has 17 heavy (non-hydrogen) atoms. The molecule has 2 rings (SSSR count). The van der Waals surface area contributed by atoms with E-state index in [0.29, 0.717) is 16.5 Å². The van der Waals surface area contributed by atoms with E-state index < -0.39 is 0 Å². The number of hydrogen-bond acceptors (Lipinski definition) is 2. The first-order valence-corrected chi connectivity index (χ1v) is 6.26. The molecule has 1 aliphatic rings. The molecule has 2 N–H and O–H groups in total. The summed E-state index contributed by atoms with van der Waals surface area (Å²) < 4.78 is 0. The number of piperidine rings is 1. The van der Waals surface area contributed by atoms with E-state index in [4.69, 9.17) is 17.3 Å². The summed E-state index contributed by atoms with van der Waals surface area (Å²) in [4.78, 5) is 14.1. The molecule has 1 amide bonds. The Labute approximate surface area is 107 Å². The summed E-state index contributed by atoms with van der Waals surface area (Å²) >= 11 is 5.89. The van der Waals surface area contributed by atoms with Gasteiger partial charge in [0.25, 0.3) is 5.91 Å². The fourth-order valence-corrected chi connectivity index (χ4v) is 2.34. The summed E-state index contributed by atoms with van der Waals surface area (Å²) in [5, 5.41) is 0.595. The number of halogens is 1. The van der Waals surface area contributed by atoms with Crippen LogP contribution in [0.4, 0.5) is 0 Å². The molecule has 0 spiro atoms. The molecule has 2 unspecified atom stereocenters. The van der Waals surface area contributed by atoms with E-state index in [1.165, 1.54) is 0 Å². The average molecular weight is 253 g/mol. The smallest absolute Gasteiger partial charge is 0.253 e. The van der Waals surface area contributed by atoms with Crippen LogP contribution in [0.3, 0.4) is 0 Å². The Kier molecular flexibility index (Phi) is 3.69. The molecule has 0 aliphatic carbocycles. The van der Waals surface area contributed by atoms with Crippen molar-refractivity contribution in [1.82, 2.24) is 4.90 Å². The number of carbonyl (C=O) groups excluding carboxylic acids is 1. The van der Waals surface area contributed by atoms with Gasteiger partial charge >= 0.3 is 0 Å². The van der Waals surface area contributed by atoms with Crippen LogP contribution in [0.15, 0.2) is 24.3 Å². The van der Waals surface area contributed by atoms with Crippen LogP contribution >= 0.6 is 11.6 Å². The lowest BCUT2D eigenvalue weighted by atomic mass is 9.94. The summed E-state index contributed by atoms with van der Waals surface area (Å²) in [5.41, 5.74) is 6.60. The minimum absolute atomic E-state index is 0.0475. The first-order chi connectivity index (χ1) is 8.08. The van der Waals surface area contributed by atoms with Crippen molar-refractivity contribution in [3.8, 4) is 0 Å². The van der Waals surface area contributed by atoms with Crippen LogP contribution in [-0.4, -0.2) is 29.9 Å². The van der Waals surface area contributed by atoms with E-state index in [1.807, 2.05) is 4.90 Å². The number of likely N-dealkylation sites (tertiary alicyclic amines) is 1. The minimum atomic E-state index is 0.0475. The number of nitrogens with zero attached hydrogens (tertiary/aromatic N) is 1. The highest BCUT2D eigenvalue weighted by Crippen LogP contribution is 2.19. The SMILES string of the molecule is CC1CN(C(=O)c2cccc(Cl)c2)CCC1N. The summed E-state index contributed by atoms with van der Waals surface area (Å²) in [6.45, 7) is 3.55. The summed E-state index contributed by atoms with van der Waals surface area (Å²) in [6.07, 6.45) is 0.869. The van der Waals surface area contributed by atoms with Gasteiger partial charge in [0.05, 0.1) is 0 Å². The number of amides is 1. The molecule has 92 valence electrons. The second-order valence-electron chi connectivity index (χ2n) is 4.69. The third-order valence-corrected chi connectivity index (χ3v) is 3.57. The first kappa shape index (κ1) is 12.4. The molecule has 4 heteroatoms. The largest absolute Gasteiger partial charge is 0.338 e. The fourth-order valence-electron chi connectivity index (χ4n) is 2.15. The number of nitrogens with two attached hydrogens (primary N) is 1. The van der Waals surface area contributed by atoms with E-state index in [2.05, 4.69) is 6.92 Å². The average Bonchev–Trinajstić information content (AvgIpc) is 2.32. The van der Waals surface area contributed by atoms with Crippen molar-refractivity contribution in [1.29, 1.82) is 0 Å². The molecule has 1 saturated heterocycles. The maximum atomic E-state index is 12.2. The molecular formula is C13H17ClN2O. The van der Waals surface area contributed by atoms with Gasteiger partial charge in [-0.25, -0.2) is 0 Å². The van der Waals surface area contributed by atoms with Gasteiger partial charge in [-0.05, 0) is 30.5 Å². The normalized spacial score (nSPS) is 24.8. The Morgan fingerprint density at radius 2 is 2.29 bits per heavy atom. The number of benzene rings is 1. The molecule has 1 heterocycles.